The highest BCUT2D eigenvalue weighted by atomic mass is 16.2. The Morgan fingerprint density at radius 1 is 0.971 bits per heavy atom. The van der Waals surface area contributed by atoms with Crippen LogP contribution in [0.2, 0.25) is 0 Å². The predicted octanol–water partition coefficient (Wildman–Crippen LogP) is -1.15. The van der Waals surface area contributed by atoms with E-state index in [4.69, 9.17) is 11.5 Å². The lowest BCUT2D eigenvalue weighted by Crippen LogP contribution is -2.56. The third-order valence-electron chi connectivity index (χ3n) is 5.13. The number of aromatic amines is 1. The molecular formula is C23H32N7O4. The molecule has 11 heteroatoms. The van der Waals surface area contributed by atoms with Crippen molar-refractivity contribution < 1.29 is 19.2 Å². The first-order valence-electron chi connectivity index (χ1n) is 11.2. The second-order valence-electron chi connectivity index (χ2n) is 7.80. The molecule has 1 aromatic carbocycles. The molecule has 2 aromatic rings. The smallest absolute Gasteiger partial charge is 0.243 e. The van der Waals surface area contributed by atoms with Gasteiger partial charge in [0.2, 0.25) is 24.0 Å². The van der Waals surface area contributed by atoms with Crippen LogP contribution in [0.15, 0.2) is 42.9 Å². The zero-order valence-corrected chi connectivity index (χ0v) is 19.0. The standard InChI is InChI=1S/C23H32N7O4/c24-9-5-4-8-19(22(33)28-18(14-31)10-16-6-2-1-3-7-16)30-23(34)20(29-21(32)12-25)11-17-13-26-15-27-17/h1-3,6-7,13,15,18-20H,4-5,8-12,24-25H2,(H,26,27)(H,28,33)(H,29,32)(H,30,34)/t18-,19-,20-/m0/s1. The summed E-state index contributed by atoms with van der Waals surface area (Å²) in [4.78, 5) is 56.2. The number of amides is 3. The summed E-state index contributed by atoms with van der Waals surface area (Å²) in [6, 6.07) is 6.43. The average Bonchev–Trinajstić information content (AvgIpc) is 3.36. The minimum Gasteiger partial charge on any atom is -0.351 e. The first-order valence-corrected chi connectivity index (χ1v) is 11.2. The Kier molecular flexibility index (Phi) is 11.4. The van der Waals surface area contributed by atoms with Crippen molar-refractivity contribution in [3.8, 4) is 0 Å². The monoisotopic (exact) mass is 470 g/mol. The summed E-state index contributed by atoms with van der Waals surface area (Å²) in [6.45, 7) is 0.149. The number of unbranched alkanes of at least 4 members (excludes halogenated alkanes) is 1. The van der Waals surface area contributed by atoms with Gasteiger partial charge in [-0.3, -0.25) is 19.2 Å². The molecule has 3 atom stereocenters. The predicted molar refractivity (Wildman–Crippen MR) is 126 cm³/mol. The Balaban J connectivity index is 2.10. The number of benzene rings is 1. The summed E-state index contributed by atoms with van der Waals surface area (Å²) < 4.78 is 0. The number of hydrogen-bond donors (Lipinski definition) is 6. The maximum Gasteiger partial charge on any atom is 0.243 e. The molecule has 183 valence electrons. The van der Waals surface area contributed by atoms with Crippen LogP contribution in [0.3, 0.4) is 0 Å². The molecular weight excluding hydrogens is 438 g/mol. The molecule has 0 unspecified atom stereocenters. The van der Waals surface area contributed by atoms with E-state index < -0.39 is 35.8 Å². The molecule has 2 rings (SSSR count). The molecule has 3 amide bonds. The highest BCUT2D eigenvalue weighted by Crippen LogP contribution is 2.06. The Morgan fingerprint density at radius 3 is 2.32 bits per heavy atom. The molecule has 0 spiro atoms. The molecule has 0 aliphatic carbocycles. The molecule has 0 aliphatic heterocycles. The highest BCUT2D eigenvalue weighted by Gasteiger charge is 2.28. The molecule has 1 radical (unpaired) electrons. The van der Waals surface area contributed by atoms with Crippen LogP contribution in [-0.4, -0.2) is 65.2 Å². The SMILES string of the molecule is NCCCC[C@H](NC(=O)[C@H](Cc1c[nH]cn1)NC(=O)CN)C(=O)N[C@H]([C]=O)Cc1ccccc1. The van der Waals surface area contributed by atoms with E-state index in [0.717, 1.165) is 5.56 Å². The molecule has 0 saturated heterocycles. The lowest BCUT2D eigenvalue weighted by molar-refractivity contribution is -0.132. The van der Waals surface area contributed by atoms with Crippen molar-refractivity contribution in [2.24, 2.45) is 11.5 Å². The lowest BCUT2D eigenvalue weighted by atomic mass is 10.0. The highest BCUT2D eigenvalue weighted by molar-refractivity contribution is 5.93. The fraction of sp³-hybridized carbons (Fsp3) is 0.435. The summed E-state index contributed by atoms with van der Waals surface area (Å²) in [5.74, 6) is -1.59. The van der Waals surface area contributed by atoms with Gasteiger partial charge >= 0.3 is 0 Å². The zero-order valence-electron chi connectivity index (χ0n) is 19.0. The van der Waals surface area contributed by atoms with E-state index in [9.17, 15) is 19.2 Å². The quantitative estimate of drug-likeness (QED) is 0.177. The molecule has 1 aromatic heterocycles. The minimum atomic E-state index is -0.984. The van der Waals surface area contributed by atoms with E-state index in [-0.39, 0.29) is 19.4 Å². The number of rotatable bonds is 15. The van der Waals surface area contributed by atoms with Crippen LogP contribution in [0.5, 0.6) is 0 Å². The number of imidazole rings is 1. The van der Waals surface area contributed by atoms with Gasteiger partial charge in [0.1, 0.15) is 12.1 Å². The van der Waals surface area contributed by atoms with Gasteiger partial charge in [0.05, 0.1) is 24.6 Å². The van der Waals surface area contributed by atoms with Crippen molar-refractivity contribution in [2.75, 3.05) is 13.1 Å². The van der Waals surface area contributed by atoms with Gasteiger partial charge in [0.25, 0.3) is 0 Å². The third-order valence-corrected chi connectivity index (χ3v) is 5.13. The van der Waals surface area contributed by atoms with E-state index in [1.807, 2.05) is 36.6 Å². The van der Waals surface area contributed by atoms with Crippen LogP contribution in [0.4, 0.5) is 0 Å². The van der Waals surface area contributed by atoms with Crippen LogP contribution >= 0.6 is 0 Å². The van der Waals surface area contributed by atoms with Gasteiger partial charge in [-0.25, -0.2) is 4.98 Å². The van der Waals surface area contributed by atoms with Gasteiger partial charge in [-0.15, -0.1) is 0 Å². The van der Waals surface area contributed by atoms with E-state index in [1.165, 1.54) is 6.33 Å². The maximum absolute atomic E-state index is 13.0. The number of nitrogens with two attached hydrogens (primary N) is 2. The number of nitrogens with zero attached hydrogens (tertiary/aromatic N) is 1. The van der Waals surface area contributed by atoms with E-state index in [0.29, 0.717) is 31.5 Å². The number of H-pyrrole nitrogens is 1. The van der Waals surface area contributed by atoms with Gasteiger partial charge < -0.3 is 32.4 Å². The Labute approximate surface area is 198 Å². The minimum absolute atomic E-state index is 0.108. The zero-order chi connectivity index (χ0) is 24.8. The third kappa shape index (κ3) is 9.12. The second-order valence-corrected chi connectivity index (χ2v) is 7.80. The Morgan fingerprint density at radius 2 is 1.71 bits per heavy atom. The van der Waals surface area contributed by atoms with E-state index in [1.54, 1.807) is 6.20 Å². The topological polar surface area (TPSA) is 185 Å². The second kappa shape index (κ2) is 14.6. The summed E-state index contributed by atoms with van der Waals surface area (Å²) in [5, 5.41) is 7.90. The van der Waals surface area contributed by atoms with Gasteiger partial charge in [-0.1, -0.05) is 30.3 Å². The van der Waals surface area contributed by atoms with Crippen molar-refractivity contribution in [3.05, 3.63) is 54.1 Å². The Bertz CT molecular complexity index is 905. The molecule has 0 fully saturated rings. The molecule has 0 aliphatic rings. The number of nitrogens with one attached hydrogen (secondary N) is 4. The van der Waals surface area contributed by atoms with Crippen LogP contribution in [-0.2, 0) is 32.0 Å². The fourth-order valence-electron chi connectivity index (χ4n) is 3.35. The first-order chi connectivity index (χ1) is 16.5. The largest absolute Gasteiger partial charge is 0.351 e. The van der Waals surface area contributed by atoms with Crippen LogP contribution in [0.1, 0.15) is 30.5 Å². The van der Waals surface area contributed by atoms with Gasteiger partial charge in [0, 0.05) is 19.0 Å². The van der Waals surface area contributed by atoms with Crippen molar-refractivity contribution in [3.63, 3.8) is 0 Å². The lowest BCUT2D eigenvalue weighted by Gasteiger charge is -2.24. The van der Waals surface area contributed by atoms with Crippen molar-refractivity contribution in [2.45, 2.75) is 50.2 Å². The number of hydrogen-bond acceptors (Lipinski definition) is 7. The van der Waals surface area contributed by atoms with Crippen LogP contribution < -0.4 is 27.4 Å². The molecule has 1 heterocycles. The molecule has 0 bridgehead atoms. The van der Waals surface area contributed by atoms with Crippen molar-refractivity contribution in [1.82, 2.24) is 25.9 Å². The number of carbonyl (C=O) groups is 3. The van der Waals surface area contributed by atoms with Crippen molar-refractivity contribution in [1.29, 1.82) is 0 Å². The summed E-state index contributed by atoms with van der Waals surface area (Å²) in [5.41, 5.74) is 12.4. The fourth-order valence-corrected chi connectivity index (χ4v) is 3.35. The van der Waals surface area contributed by atoms with Gasteiger partial charge in [-0.2, -0.15) is 0 Å². The molecule has 34 heavy (non-hydrogen) atoms. The van der Waals surface area contributed by atoms with E-state index >= 15 is 0 Å². The first kappa shape index (κ1) is 26.7. The summed E-state index contributed by atoms with van der Waals surface area (Å²) >= 11 is 0. The van der Waals surface area contributed by atoms with Gasteiger partial charge in [0.15, 0.2) is 0 Å². The maximum atomic E-state index is 13.0. The van der Waals surface area contributed by atoms with Crippen LogP contribution in [0.25, 0.3) is 0 Å². The van der Waals surface area contributed by atoms with E-state index in [2.05, 4.69) is 25.9 Å². The summed E-state index contributed by atoms with van der Waals surface area (Å²) in [7, 11) is 0. The Hall–Kier alpha value is -3.57. The number of aromatic nitrogens is 2. The van der Waals surface area contributed by atoms with Crippen molar-refractivity contribution >= 4 is 24.0 Å². The van der Waals surface area contributed by atoms with Crippen LogP contribution in [0, 0.1) is 0 Å². The molecule has 11 nitrogen and oxygen atoms in total. The summed E-state index contributed by atoms with van der Waals surface area (Å²) in [6.07, 6.45) is 6.85. The normalized spacial score (nSPS) is 13.4. The molecule has 8 N–H and O–H groups in total. The molecule has 0 saturated carbocycles. The number of carbonyl (C=O) groups excluding carboxylic acids is 4. The van der Waals surface area contributed by atoms with Gasteiger partial charge in [-0.05, 0) is 31.4 Å². The average molecular weight is 471 g/mol.